The third-order valence-electron chi connectivity index (χ3n) is 4.56. The molecule has 30 heavy (non-hydrogen) atoms. The highest BCUT2D eigenvalue weighted by atomic mass is 32.2. The standard InChI is InChI=1S/C18H16F2N4O4S2/c1-10-15(30(26,27)23-13-5-4-11(19)8-12(13)20)9-14(29-10)16-21-17(28-22-16)18(25)24-6-2-3-7-24/h4-5,8-9,23H,2-3,6-7H2,1H3. The van der Waals surface area contributed by atoms with Crippen molar-refractivity contribution in [1.82, 2.24) is 15.0 Å². The molecule has 4 rings (SSSR count). The van der Waals surface area contributed by atoms with Gasteiger partial charge in [-0.3, -0.25) is 9.52 Å². The maximum Gasteiger partial charge on any atom is 0.316 e. The number of amides is 1. The van der Waals surface area contributed by atoms with Crippen molar-refractivity contribution in [2.45, 2.75) is 24.7 Å². The van der Waals surface area contributed by atoms with Crippen molar-refractivity contribution in [3.63, 3.8) is 0 Å². The molecule has 1 N–H and O–H groups in total. The SMILES string of the molecule is Cc1sc(-c2noc(C(=O)N3CCCC3)n2)cc1S(=O)(=O)Nc1ccc(F)cc1F. The Labute approximate surface area is 174 Å². The van der Waals surface area contributed by atoms with Crippen molar-refractivity contribution in [3.8, 4) is 10.7 Å². The van der Waals surface area contributed by atoms with Gasteiger partial charge in [-0.2, -0.15) is 4.98 Å². The number of hydrogen-bond acceptors (Lipinski definition) is 7. The van der Waals surface area contributed by atoms with Gasteiger partial charge in [-0.15, -0.1) is 11.3 Å². The van der Waals surface area contributed by atoms with Crippen LogP contribution in [0.4, 0.5) is 14.5 Å². The van der Waals surface area contributed by atoms with Gasteiger partial charge in [0.1, 0.15) is 16.5 Å². The predicted octanol–water partition coefficient (Wildman–Crippen LogP) is 3.42. The van der Waals surface area contributed by atoms with Crippen molar-refractivity contribution < 1.29 is 26.5 Å². The highest BCUT2D eigenvalue weighted by Gasteiger charge is 2.27. The Morgan fingerprint density at radius 1 is 1.23 bits per heavy atom. The Hall–Kier alpha value is -2.86. The second-order valence-electron chi connectivity index (χ2n) is 6.68. The van der Waals surface area contributed by atoms with Crippen LogP contribution < -0.4 is 4.72 Å². The van der Waals surface area contributed by atoms with Gasteiger partial charge in [0.2, 0.25) is 5.82 Å². The molecule has 2 aromatic heterocycles. The third kappa shape index (κ3) is 3.92. The molecule has 3 heterocycles. The van der Waals surface area contributed by atoms with Gasteiger partial charge in [-0.25, -0.2) is 17.2 Å². The molecule has 0 bridgehead atoms. The van der Waals surface area contributed by atoms with Crippen LogP contribution in [0.5, 0.6) is 0 Å². The summed E-state index contributed by atoms with van der Waals surface area (Å²) in [7, 11) is -4.15. The van der Waals surface area contributed by atoms with Crippen LogP contribution >= 0.6 is 11.3 Å². The van der Waals surface area contributed by atoms with Crippen molar-refractivity contribution in [2.75, 3.05) is 17.8 Å². The normalized spacial score (nSPS) is 14.3. The van der Waals surface area contributed by atoms with Gasteiger partial charge in [0.15, 0.2) is 0 Å². The quantitative estimate of drug-likeness (QED) is 0.633. The number of nitrogens with zero attached hydrogens (tertiary/aromatic N) is 3. The van der Waals surface area contributed by atoms with E-state index in [0.29, 0.717) is 28.9 Å². The predicted molar refractivity (Wildman–Crippen MR) is 105 cm³/mol. The largest absolute Gasteiger partial charge is 0.334 e. The number of carbonyl (C=O) groups excluding carboxylic acids is 1. The summed E-state index contributed by atoms with van der Waals surface area (Å²) in [5.41, 5.74) is -0.374. The molecule has 1 saturated heterocycles. The number of nitrogens with one attached hydrogen (secondary N) is 1. The summed E-state index contributed by atoms with van der Waals surface area (Å²) in [4.78, 5) is 18.7. The van der Waals surface area contributed by atoms with E-state index >= 15 is 0 Å². The number of thiophene rings is 1. The maximum atomic E-state index is 13.8. The number of rotatable bonds is 5. The van der Waals surface area contributed by atoms with E-state index in [1.807, 2.05) is 0 Å². The summed E-state index contributed by atoms with van der Waals surface area (Å²) in [6, 6.07) is 3.85. The van der Waals surface area contributed by atoms with Gasteiger partial charge in [0.05, 0.1) is 10.6 Å². The van der Waals surface area contributed by atoms with E-state index in [2.05, 4.69) is 14.9 Å². The Balaban J connectivity index is 1.59. The number of halogens is 2. The van der Waals surface area contributed by atoms with E-state index in [-0.39, 0.29) is 28.2 Å². The number of benzene rings is 1. The summed E-state index contributed by atoms with van der Waals surface area (Å²) in [6.07, 6.45) is 1.83. The van der Waals surface area contributed by atoms with Gasteiger partial charge in [0, 0.05) is 24.0 Å². The fraction of sp³-hybridized carbons (Fsp3) is 0.278. The highest BCUT2D eigenvalue weighted by molar-refractivity contribution is 7.93. The van der Waals surface area contributed by atoms with Gasteiger partial charge in [-0.1, -0.05) is 5.16 Å². The van der Waals surface area contributed by atoms with Crippen molar-refractivity contribution >= 4 is 33.0 Å². The Morgan fingerprint density at radius 2 is 1.97 bits per heavy atom. The molecule has 3 aromatic rings. The molecule has 12 heteroatoms. The summed E-state index contributed by atoms with van der Waals surface area (Å²) >= 11 is 1.09. The Bertz CT molecular complexity index is 1220. The van der Waals surface area contributed by atoms with Crippen LogP contribution in [-0.2, 0) is 10.0 Å². The number of carbonyl (C=O) groups is 1. The molecule has 1 fully saturated rings. The fourth-order valence-electron chi connectivity index (χ4n) is 3.08. The number of aromatic nitrogens is 2. The average Bonchev–Trinajstić information content (AvgIpc) is 3.43. The lowest BCUT2D eigenvalue weighted by Crippen LogP contribution is -2.27. The molecule has 1 aliphatic heterocycles. The van der Waals surface area contributed by atoms with Crippen molar-refractivity contribution in [2.24, 2.45) is 0 Å². The van der Waals surface area contributed by atoms with Gasteiger partial charge in [0.25, 0.3) is 10.0 Å². The lowest BCUT2D eigenvalue weighted by molar-refractivity contribution is 0.0743. The zero-order valence-electron chi connectivity index (χ0n) is 15.7. The second kappa shape index (κ2) is 7.76. The highest BCUT2D eigenvalue weighted by Crippen LogP contribution is 2.33. The van der Waals surface area contributed by atoms with Crippen molar-refractivity contribution in [1.29, 1.82) is 0 Å². The van der Waals surface area contributed by atoms with Crippen molar-refractivity contribution in [3.05, 3.63) is 46.7 Å². The van der Waals surface area contributed by atoms with Crippen LogP contribution in [0.25, 0.3) is 10.7 Å². The summed E-state index contributed by atoms with van der Waals surface area (Å²) in [6.45, 7) is 2.82. The maximum absolute atomic E-state index is 13.8. The molecule has 0 spiro atoms. The molecule has 1 aliphatic rings. The van der Waals surface area contributed by atoms with E-state index < -0.39 is 21.7 Å². The number of likely N-dealkylation sites (tertiary alicyclic amines) is 1. The topological polar surface area (TPSA) is 105 Å². The van der Waals surface area contributed by atoms with Crippen LogP contribution in [0.1, 0.15) is 28.4 Å². The van der Waals surface area contributed by atoms with Gasteiger partial charge < -0.3 is 9.42 Å². The number of anilines is 1. The molecule has 1 aromatic carbocycles. The minimum Gasteiger partial charge on any atom is -0.334 e. The lowest BCUT2D eigenvalue weighted by Gasteiger charge is -2.10. The summed E-state index contributed by atoms with van der Waals surface area (Å²) in [5, 5.41) is 3.78. The van der Waals surface area contributed by atoms with Gasteiger partial charge in [-0.05, 0) is 38.0 Å². The third-order valence-corrected chi connectivity index (χ3v) is 7.23. The molecule has 0 atom stereocenters. The van der Waals surface area contributed by atoms with Crippen LogP contribution in [-0.4, -0.2) is 42.5 Å². The monoisotopic (exact) mass is 454 g/mol. The Kier molecular flexibility index (Phi) is 5.28. The second-order valence-corrected chi connectivity index (χ2v) is 9.59. The lowest BCUT2D eigenvalue weighted by atomic mass is 10.3. The molecule has 0 saturated carbocycles. The molecule has 158 valence electrons. The zero-order valence-corrected chi connectivity index (χ0v) is 17.3. The zero-order chi connectivity index (χ0) is 21.5. The minimum atomic E-state index is -4.15. The van der Waals surface area contributed by atoms with E-state index in [0.717, 1.165) is 36.3 Å². The van der Waals surface area contributed by atoms with Gasteiger partial charge >= 0.3 is 11.8 Å². The molecule has 0 unspecified atom stereocenters. The molecule has 0 aliphatic carbocycles. The van der Waals surface area contributed by atoms with Crippen LogP contribution in [0.15, 0.2) is 33.7 Å². The fourth-order valence-corrected chi connectivity index (χ4v) is 5.67. The first-order valence-corrected chi connectivity index (χ1v) is 11.3. The number of sulfonamides is 1. The number of aryl methyl sites for hydroxylation is 1. The first kappa shape index (κ1) is 20.4. The first-order valence-electron chi connectivity index (χ1n) is 8.96. The smallest absolute Gasteiger partial charge is 0.316 e. The Morgan fingerprint density at radius 3 is 2.67 bits per heavy atom. The summed E-state index contributed by atoms with van der Waals surface area (Å²) < 4.78 is 59.5. The van der Waals surface area contributed by atoms with Crippen LogP contribution in [0.2, 0.25) is 0 Å². The molecular formula is C18H16F2N4O4S2. The molecule has 0 radical (unpaired) electrons. The van der Waals surface area contributed by atoms with E-state index in [4.69, 9.17) is 4.52 Å². The van der Waals surface area contributed by atoms with Crippen LogP contribution in [0, 0.1) is 18.6 Å². The van der Waals surface area contributed by atoms with E-state index in [1.54, 1.807) is 11.8 Å². The minimum absolute atomic E-state index is 0.0834. The average molecular weight is 454 g/mol. The first-order chi connectivity index (χ1) is 14.2. The van der Waals surface area contributed by atoms with Crippen LogP contribution in [0.3, 0.4) is 0 Å². The van der Waals surface area contributed by atoms with E-state index in [1.165, 1.54) is 6.07 Å². The number of hydrogen-bond donors (Lipinski definition) is 1. The molecule has 8 nitrogen and oxygen atoms in total. The summed E-state index contributed by atoms with van der Waals surface area (Å²) in [5.74, 6) is -2.29. The van der Waals surface area contributed by atoms with E-state index in [9.17, 15) is 22.0 Å². The molecular weight excluding hydrogens is 438 g/mol. The molecule has 1 amide bonds.